The summed E-state index contributed by atoms with van der Waals surface area (Å²) >= 11 is 6.21. The van der Waals surface area contributed by atoms with Crippen molar-refractivity contribution in [1.82, 2.24) is 25.0 Å². The minimum atomic E-state index is -0.147. The molecule has 1 aromatic carbocycles. The van der Waals surface area contributed by atoms with Crippen LogP contribution in [0.25, 0.3) is 5.69 Å². The summed E-state index contributed by atoms with van der Waals surface area (Å²) in [5, 5.41) is 8.25. The number of hydrogen-bond acceptors (Lipinski definition) is 4. The molecule has 1 aromatic heterocycles. The Morgan fingerprint density at radius 1 is 1.35 bits per heavy atom. The highest BCUT2D eigenvalue weighted by Gasteiger charge is 2.26. The molecule has 3 rings (SSSR count). The fourth-order valence-electron chi connectivity index (χ4n) is 2.85. The van der Waals surface area contributed by atoms with Crippen LogP contribution >= 0.6 is 11.6 Å². The summed E-state index contributed by atoms with van der Waals surface area (Å²) in [7, 11) is 1.82. The lowest BCUT2D eigenvalue weighted by molar-refractivity contribution is 0.0691. The summed E-state index contributed by atoms with van der Waals surface area (Å²) in [6, 6.07) is 7.62. The Kier molecular flexibility index (Phi) is 4.63. The molecule has 0 aliphatic carbocycles. The van der Waals surface area contributed by atoms with E-state index in [2.05, 4.69) is 15.4 Å². The van der Waals surface area contributed by atoms with Crippen LogP contribution in [0.1, 0.15) is 29.3 Å². The fraction of sp³-hybridized carbons (Fsp3) is 0.438. The second-order valence-corrected chi connectivity index (χ2v) is 6.15. The van der Waals surface area contributed by atoms with Crippen molar-refractivity contribution in [3.05, 3.63) is 40.9 Å². The van der Waals surface area contributed by atoms with Crippen LogP contribution in [0.15, 0.2) is 24.3 Å². The van der Waals surface area contributed by atoms with Gasteiger partial charge in [-0.1, -0.05) is 23.7 Å². The highest BCUT2D eigenvalue weighted by atomic mass is 35.5. The quantitative estimate of drug-likeness (QED) is 0.933. The number of benzene rings is 1. The van der Waals surface area contributed by atoms with Crippen LogP contribution < -0.4 is 5.32 Å². The molecule has 1 fully saturated rings. The maximum atomic E-state index is 12.7. The molecule has 2 heterocycles. The maximum absolute atomic E-state index is 12.7. The van der Waals surface area contributed by atoms with Gasteiger partial charge >= 0.3 is 0 Å². The third-order valence-electron chi connectivity index (χ3n) is 4.22. The first-order valence-corrected chi connectivity index (χ1v) is 8.12. The zero-order valence-electron chi connectivity index (χ0n) is 13.3. The maximum Gasteiger partial charge on any atom is 0.293 e. The first-order valence-electron chi connectivity index (χ1n) is 7.74. The molecule has 0 atom stereocenters. The average Bonchev–Trinajstić information content (AvgIpc) is 2.96. The number of nitrogens with one attached hydrogen (secondary N) is 1. The number of para-hydroxylation sites is 1. The number of carbonyl (C=O) groups excluding carboxylic acids is 1. The van der Waals surface area contributed by atoms with E-state index >= 15 is 0 Å². The Morgan fingerprint density at radius 2 is 2.04 bits per heavy atom. The first-order chi connectivity index (χ1) is 11.1. The van der Waals surface area contributed by atoms with Gasteiger partial charge < -0.3 is 10.2 Å². The lowest BCUT2D eigenvalue weighted by Gasteiger charge is -2.30. The SMILES string of the molecule is Cc1nc(C(=O)N(C)C2CCNCC2)nn1-c1ccccc1Cl. The van der Waals surface area contributed by atoms with Crippen molar-refractivity contribution in [2.75, 3.05) is 20.1 Å². The van der Waals surface area contributed by atoms with Crippen molar-refractivity contribution in [3.63, 3.8) is 0 Å². The van der Waals surface area contributed by atoms with Crippen LogP contribution in [0.5, 0.6) is 0 Å². The minimum absolute atomic E-state index is 0.147. The molecule has 122 valence electrons. The number of carbonyl (C=O) groups is 1. The summed E-state index contributed by atoms with van der Waals surface area (Å²) < 4.78 is 1.62. The number of rotatable bonds is 3. The Bertz CT molecular complexity index is 708. The monoisotopic (exact) mass is 333 g/mol. The van der Waals surface area contributed by atoms with Gasteiger partial charge in [0.05, 0.1) is 10.7 Å². The van der Waals surface area contributed by atoms with Crippen molar-refractivity contribution in [2.45, 2.75) is 25.8 Å². The molecule has 0 unspecified atom stereocenters. The van der Waals surface area contributed by atoms with Crippen LogP contribution in [0, 0.1) is 6.92 Å². The zero-order chi connectivity index (χ0) is 16.4. The van der Waals surface area contributed by atoms with Gasteiger partial charge in [-0.2, -0.15) is 0 Å². The van der Waals surface area contributed by atoms with Gasteiger partial charge in [0.1, 0.15) is 5.82 Å². The molecule has 0 saturated carbocycles. The summed E-state index contributed by atoms with van der Waals surface area (Å²) in [4.78, 5) is 18.7. The minimum Gasteiger partial charge on any atom is -0.336 e. The van der Waals surface area contributed by atoms with E-state index < -0.39 is 0 Å². The van der Waals surface area contributed by atoms with E-state index in [1.54, 1.807) is 15.6 Å². The number of hydrogen-bond donors (Lipinski definition) is 1. The molecule has 23 heavy (non-hydrogen) atoms. The highest BCUT2D eigenvalue weighted by Crippen LogP contribution is 2.20. The molecule has 7 heteroatoms. The topological polar surface area (TPSA) is 63.1 Å². The Morgan fingerprint density at radius 3 is 2.74 bits per heavy atom. The zero-order valence-corrected chi connectivity index (χ0v) is 14.0. The van der Waals surface area contributed by atoms with Gasteiger partial charge in [-0.3, -0.25) is 4.79 Å². The Hall–Kier alpha value is -1.92. The van der Waals surface area contributed by atoms with E-state index in [0.29, 0.717) is 10.8 Å². The summed E-state index contributed by atoms with van der Waals surface area (Å²) in [5.41, 5.74) is 0.725. The number of aromatic nitrogens is 3. The van der Waals surface area contributed by atoms with E-state index in [1.165, 1.54) is 0 Å². The standard InChI is InChI=1S/C16H20ClN5O/c1-11-19-15(16(23)21(2)12-7-9-18-10-8-12)20-22(11)14-6-4-3-5-13(14)17/h3-6,12,18H,7-10H2,1-2H3. The van der Waals surface area contributed by atoms with Gasteiger partial charge in [-0.15, -0.1) is 5.10 Å². The smallest absolute Gasteiger partial charge is 0.293 e. The summed E-state index contributed by atoms with van der Waals surface area (Å²) in [6.07, 6.45) is 1.90. The average molecular weight is 334 g/mol. The van der Waals surface area contributed by atoms with E-state index in [1.807, 2.05) is 32.2 Å². The molecule has 1 N–H and O–H groups in total. The molecule has 0 spiro atoms. The number of amides is 1. The summed E-state index contributed by atoms with van der Waals surface area (Å²) in [5.74, 6) is 0.703. The number of halogens is 1. The van der Waals surface area contributed by atoms with Crippen LogP contribution in [0.2, 0.25) is 5.02 Å². The second-order valence-electron chi connectivity index (χ2n) is 5.74. The third-order valence-corrected chi connectivity index (χ3v) is 4.54. The van der Waals surface area contributed by atoms with Gasteiger partial charge in [0, 0.05) is 13.1 Å². The molecule has 1 aliphatic heterocycles. The van der Waals surface area contributed by atoms with Crippen molar-refractivity contribution in [3.8, 4) is 5.69 Å². The number of piperidine rings is 1. The van der Waals surface area contributed by atoms with Crippen molar-refractivity contribution in [2.24, 2.45) is 0 Å². The molecular weight excluding hydrogens is 314 g/mol. The largest absolute Gasteiger partial charge is 0.336 e. The first kappa shape index (κ1) is 16.0. The molecule has 1 amide bonds. The van der Waals surface area contributed by atoms with Gasteiger partial charge in [-0.05, 0) is 45.0 Å². The predicted molar refractivity (Wildman–Crippen MR) is 89.1 cm³/mol. The predicted octanol–water partition coefficient (Wildman–Crippen LogP) is 2.05. The van der Waals surface area contributed by atoms with E-state index in [9.17, 15) is 4.79 Å². The molecule has 1 aliphatic rings. The summed E-state index contributed by atoms with van der Waals surface area (Å²) in [6.45, 7) is 3.68. The van der Waals surface area contributed by atoms with Crippen LogP contribution in [0.3, 0.4) is 0 Å². The lowest BCUT2D eigenvalue weighted by atomic mass is 10.1. The van der Waals surface area contributed by atoms with Crippen LogP contribution in [-0.4, -0.2) is 51.8 Å². The molecule has 2 aromatic rings. The Labute approximate surface area is 140 Å². The van der Waals surface area contributed by atoms with E-state index in [-0.39, 0.29) is 17.8 Å². The van der Waals surface area contributed by atoms with Crippen molar-refractivity contribution >= 4 is 17.5 Å². The number of nitrogens with zero attached hydrogens (tertiary/aromatic N) is 4. The number of aryl methyl sites for hydroxylation is 1. The van der Waals surface area contributed by atoms with Gasteiger partial charge in [0.15, 0.2) is 0 Å². The van der Waals surface area contributed by atoms with Crippen LogP contribution in [0.4, 0.5) is 0 Å². The van der Waals surface area contributed by atoms with Gasteiger partial charge in [0.25, 0.3) is 5.91 Å². The Balaban J connectivity index is 1.85. The van der Waals surface area contributed by atoms with E-state index in [4.69, 9.17) is 11.6 Å². The fourth-order valence-corrected chi connectivity index (χ4v) is 3.07. The van der Waals surface area contributed by atoms with Crippen molar-refractivity contribution < 1.29 is 4.79 Å². The molecule has 0 bridgehead atoms. The third kappa shape index (κ3) is 3.23. The molecular formula is C16H20ClN5O. The van der Waals surface area contributed by atoms with Gasteiger partial charge in [0.2, 0.25) is 5.82 Å². The van der Waals surface area contributed by atoms with Crippen molar-refractivity contribution in [1.29, 1.82) is 0 Å². The normalized spacial score (nSPS) is 15.6. The second kappa shape index (κ2) is 6.68. The molecule has 1 saturated heterocycles. The molecule has 0 radical (unpaired) electrons. The van der Waals surface area contributed by atoms with Gasteiger partial charge in [-0.25, -0.2) is 9.67 Å². The molecule has 6 nitrogen and oxygen atoms in total. The highest BCUT2D eigenvalue weighted by molar-refractivity contribution is 6.32. The lowest BCUT2D eigenvalue weighted by Crippen LogP contribution is -2.44. The van der Waals surface area contributed by atoms with Crippen LogP contribution in [-0.2, 0) is 0 Å². The van der Waals surface area contributed by atoms with E-state index in [0.717, 1.165) is 31.6 Å².